The molecule has 1 aromatic rings. The van der Waals surface area contributed by atoms with Gasteiger partial charge in [-0.25, -0.2) is 4.39 Å². The lowest BCUT2D eigenvalue weighted by Gasteiger charge is -2.19. The number of nitro groups is 1. The van der Waals surface area contributed by atoms with Crippen LogP contribution in [0.25, 0.3) is 0 Å². The van der Waals surface area contributed by atoms with Crippen molar-refractivity contribution in [1.29, 1.82) is 0 Å². The largest absolute Gasteiger partial charge is 0.366 e. The van der Waals surface area contributed by atoms with E-state index in [1.807, 2.05) is 11.9 Å². The maximum Gasteiger partial charge on any atom is 0.293 e. The molecule has 1 heterocycles. The third kappa shape index (κ3) is 3.14. The number of nitro benzene ring substituents is 1. The molecule has 2 rings (SSSR count). The maximum atomic E-state index is 13.7. The summed E-state index contributed by atoms with van der Waals surface area (Å²) >= 11 is 1.77. The summed E-state index contributed by atoms with van der Waals surface area (Å²) in [6.07, 6.45) is 0.964. The zero-order chi connectivity index (χ0) is 14.0. The van der Waals surface area contributed by atoms with Crippen molar-refractivity contribution in [2.24, 2.45) is 5.92 Å². The van der Waals surface area contributed by atoms with Gasteiger partial charge in [-0.05, 0) is 48.5 Å². The molecular weight excluding hydrogens is 364 g/mol. The van der Waals surface area contributed by atoms with Gasteiger partial charge in [0, 0.05) is 25.2 Å². The highest BCUT2D eigenvalue weighted by atomic mass is 127. The highest BCUT2D eigenvalue weighted by Crippen LogP contribution is 2.34. The van der Waals surface area contributed by atoms with Gasteiger partial charge in [-0.3, -0.25) is 10.1 Å². The van der Waals surface area contributed by atoms with E-state index in [1.165, 1.54) is 12.1 Å². The number of rotatable bonds is 4. The third-order valence-corrected chi connectivity index (χ3v) is 4.16. The van der Waals surface area contributed by atoms with Crippen LogP contribution in [0.3, 0.4) is 0 Å². The predicted octanol–water partition coefficient (Wildman–Crippen LogP) is 2.38. The Hall–Kier alpha value is -0.960. The second kappa shape index (κ2) is 6.00. The SMILES string of the molecule is CNCC1CCN(c2cc(F)c(I)cc2[N+](=O)[O-])C1. The maximum absolute atomic E-state index is 13.7. The quantitative estimate of drug-likeness (QED) is 0.496. The van der Waals surface area contributed by atoms with Crippen LogP contribution in [0, 0.1) is 25.4 Å². The predicted molar refractivity (Wildman–Crippen MR) is 80.0 cm³/mol. The van der Waals surface area contributed by atoms with E-state index in [2.05, 4.69) is 5.32 Å². The monoisotopic (exact) mass is 379 g/mol. The fraction of sp³-hybridized carbons (Fsp3) is 0.500. The minimum absolute atomic E-state index is 0.0177. The van der Waals surface area contributed by atoms with Crippen LogP contribution < -0.4 is 10.2 Å². The number of halogens is 2. The number of benzene rings is 1. The van der Waals surface area contributed by atoms with Crippen LogP contribution in [0.2, 0.25) is 0 Å². The molecule has 1 unspecified atom stereocenters. The average molecular weight is 379 g/mol. The molecule has 0 saturated carbocycles. The third-order valence-electron chi connectivity index (χ3n) is 3.33. The summed E-state index contributed by atoms with van der Waals surface area (Å²) < 4.78 is 13.9. The van der Waals surface area contributed by atoms with E-state index >= 15 is 0 Å². The van der Waals surface area contributed by atoms with Gasteiger partial charge in [-0.1, -0.05) is 0 Å². The number of hydrogen-bond acceptors (Lipinski definition) is 4. The summed E-state index contributed by atoms with van der Waals surface area (Å²) in [7, 11) is 1.88. The Morgan fingerprint density at radius 1 is 1.63 bits per heavy atom. The van der Waals surface area contributed by atoms with Crippen molar-refractivity contribution in [2.75, 3.05) is 31.6 Å². The minimum atomic E-state index is -0.442. The van der Waals surface area contributed by atoms with E-state index in [0.29, 0.717) is 11.6 Å². The van der Waals surface area contributed by atoms with Gasteiger partial charge in [0.2, 0.25) is 0 Å². The van der Waals surface area contributed by atoms with Crippen molar-refractivity contribution in [3.05, 3.63) is 31.6 Å². The van der Waals surface area contributed by atoms with Gasteiger partial charge < -0.3 is 10.2 Å². The van der Waals surface area contributed by atoms with Crippen LogP contribution in [-0.2, 0) is 0 Å². The zero-order valence-electron chi connectivity index (χ0n) is 10.5. The lowest BCUT2D eigenvalue weighted by Crippen LogP contribution is -2.25. The molecule has 0 aliphatic carbocycles. The molecule has 0 radical (unpaired) electrons. The standard InChI is InChI=1S/C12H15FIN3O2/c1-15-6-8-2-3-16(7-8)11-4-9(13)10(14)5-12(11)17(18)19/h4-5,8,15H,2-3,6-7H2,1H3. The molecule has 1 saturated heterocycles. The summed E-state index contributed by atoms with van der Waals surface area (Å²) in [5.74, 6) is 0.0465. The molecule has 0 aromatic heterocycles. The number of hydrogen-bond donors (Lipinski definition) is 1. The first-order valence-corrected chi connectivity index (χ1v) is 7.13. The molecule has 1 aromatic carbocycles. The normalized spacial score (nSPS) is 18.9. The smallest absolute Gasteiger partial charge is 0.293 e. The van der Waals surface area contributed by atoms with Gasteiger partial charge >= 0.3 is 0 Å². The molecule has 1 aliphatic rings. The van der Waals surface area contributed by atoms with Crippen molar-refractivity contribution in [1.82, 2.24) is 5.32 Å². The fourth-order valence-electron chi connectivity index (χ4n) is 2.43. The first-order chi connectivity index (χ1) is 9.02. The highest BCUT2D eigenvalue weighted by molar-refractivity contribution is 14.1. The Labute approximate surface area is 124 Å². The Kier molecular flexibility index (Phi) is 4.56. The molecule has 1 atom stereocenters. The molecule has 0 amide bonds. The number of nitrogens with one attached hydrogen (secondary N) is 1. The number of anilines is 1. The van der Waals surface area contributed by atoms with Crippen LogP contribution in [0.15, 0.2) is 12.1 Å². The summed E-state index contributed by atoms with van der Waals surface area (Å²) in [4.78, 5) is 12.5. The minimum Gasteiger partial charge on any atom is -0.366 e. The summed E-state index contributed by atoms with van der Waals surface area (Å²) in [6.45, 7) is 2.33. The molecule has 7 heteroatoms. The van der Waals surface area contributed by atoms with Gasteiger partial charge in [0.15, 0.2) is 0 Å². The van der Waals surface area contributed by atoms with Crippen molar-refractivity contribution >= 4 is 34.0 Å². The Morgan fingerprint density at radius 2 is 2.37 bits per heavy atom. The lowest BCUT2D eigenvalue weighted by atomic mass is 10.1. The van der Waals surface area contributed by atoms with E-state index in [-0.39, 0.29) is 9.26 Å². The van der Waals surface area contributed by atoms with Crippen LogP contribution in [-0.4, -0.2) is 31.6 Å². The second-order valence-electron chi connectivity index (χ2n) is 4.67. The van der Waals surface area contributed by atoms with Crippen molar-refractivity contribution in [2.45, 2.75) is 6.42 Å². The molecule has 19 heavy (non-hydrogen) atoms. The Bertz CT molecular complexity index is 498. The topological polar surface area (TPSA) is 58.4 Å². The molecule has 0 bridgehead atoms. The highest BCUT2D eigenvalue weighted by Gasteiger charge is 2.28. The van der Waals surface area contributed by atoms with E-state index in [4.69, 9.17) is 0 Å². The molecule has 1 N–H and O–H groups in total. The molecule has 1 aliphatic heterocycles. The van der Waals surface area contributed by atoms with E-state index < -0.39 is 10.7 Å². The van der Waals surface area contributed by atoms with Gasteiger partial charge in [0.1, 0.15) is 11.5 Å². The van der Waals surface area contributed by atoms with Crippen molar-refractivity contribution < 1.29 is 9.31 Å². The second-order valence-corrected chi connectivity index (χ2v) is 5.83. The molecular formula is C12H15FIN3O2. The van der Waals surface area contributed by atoms with Crippen LogP contribution in [0.4, 0.5) is 15.8 Å². The van der Waals surface area contributed by atoms with Crippen LogP contribution in [0.1, 0.15) is 6.42 Å². The first kappa shape index (κ1) is 14.4. The summed E-state index contributed by atoms with van der Waals surface area (Å²) in [5.41, 5.74) is 0.373. The van der Waals surface area contributed by atoms with Gasteiger partial charge in [0.25, 0.3) is 5.69 Å². The number of nitrogens with zero attached hydrogens (tertiary/aromatic N) is 2. The molecule has 0 spiro atoms. The van der Waals surface area contributed by atoms with E-state index in [1.54, 1.807) is 22.6 Å². The molecule has 1 fully saturated rings. The first-order valence-electron chi connectivity index (χ1n) is 6.06. The Morgan fingerprint density at radius 3 is 3.00 bits per heavy atom. The van der Waals surface area contributed by atoms with Gasteiger partial charge in [-0.2, -0.15) is 0 Å². The lowest BCUT2D eigenvalue weighted by molar-refractivity contribution is -0.384. The van der Waals surface area contributed by atoms with Crippen molar-refractivity contribution in [3.8, 4) is 0 Å². The van der Waals surface area contributed by atoms with Gasteiger partial charge in [0.05, 0.1) is 8.49 Å². The Balaban J connectivity index is 2.29. The van der Waals surface area contributed by atoms with E-state index in [0.717, 1.165) is 26.1 Å². The average Bonchev–Trinajstić information content (AvgIpc) is 2.81. The fourth-order valence-corrected chi connectivity index (χ4v) is 2.88. The van der Waals surface area contributed by atoms with Gasteiger partial charge in [-0.15, -0.1) is 0 Å². The molecule has 104 valence electrons. The summed E-state index contributed by atoms with van der Waals surface area (Å²) in [6, 6.07) is 2.58. The van der Waals surface area contributed by atoms with Crippen molar-refractivity contribution in [3.63, 3.8) is 0 Å². The zero-order valence-corrected chi connectivity index (χ0v) is 12.7. The van der Waals surface area contributed by atoms with Crippen LogP contribution in [0.5, 0.6) is 0 Å². The van der Waals surface area contributed by atoms with Crippen LogP contribution >= 0.6 is 22.6 Å². The summed E-state index contributed by atoms with van der Waals surface area (Å²) in [5, 5.41) is 14.2. The van der Waals surface area contributed by atoms with E-state index in [9.17, 15) is 14.5 Å². The molecule has 5 nitrogen and oxygen atoms in total.